The number of rotatable bonds is 8. The SMILES string of the molecule is CCOc1ccc(CN2CCN(C3CCCCC3)C(CCO)C2)cc1CO. The van der Waals surface area contributed by atoms with Gasteiger partial charge in [-0.3, -0.25) is 9.80 Å². The van der Waals surface area contributed by atoms with Gasteiger partial charge in [0.05, 0.1) is 13.2 Å². The molecule has 5 nitrogen and oxygen atoms in total. The third-order valence-corrected chi connectivity index (χ3v) is 6.12. The number of benzene rings is 1. The Hall–Kier alpha value is -1.14. The molecule has 1 heterocycles. The van der Waals surface area contributed by atoms with Crippen LogP contribution in [0.4, 0.5) is 0 Å². The van der Waals surface area contributed by atoms with Crippen molar-refractivity contribution in [1.29, 1.82) is 0 Å². The number of nitrogens with zero attached hydrogens (tertiary/aromatic N) is 2. The molecule has 1 aromatic rings. The molecular formula is C22H36N2O3. The molecule has 2 fully saturated rings. The molecule has 3 rings (SSSR count). The van der Waals surface area contributed by atoms with Crippen LogP contribution in [0.5, 0.6) is 5.75 Å². The van der Waals surface area contributed by atoms with Crippen LogP contribution in [0.3, 0.4) is 0 Å². The highest BCUT2D eigenvalue weighted by Crippen LogP contribution is 2.28. The van der Waals surface area contributed by atoms with Crippen molar-refractivity contribution in [3.8, 4) is 5.75 Å². The molecule has 1 saturated carbocycles. The molecule has 1 aromatic carbocycles. The zero-order valence-electron chi connectivity index (χ0n) is 16.8. The molecule has 0 amide bonds. The van der Waals surface area contributed by atoms with E-state index in [1.165, 1.54) is 37.7 Å². The molecule has 1 aliphatic heterocycles. The van der Waals surface area contributed by atoms with Gasteiger partial charge < -0.3 is 14.9 Å². The lowest BCUT2D eigenvalue weighted by Gasteiger charge is -2.46. The van der Waals surface area contributed by atoms with Crippen molar-refractivity contribution in [1.82, 2.24) is 9.80 Å². The molecule has 1 atom stereocenters. The summed E-state index contributed by atoms with van der Waals surface area (Å²) < 4.78 is 5.60. The molecule has 0 spiro atoms. The fourth-order valence-corrected chi connectivity index (χ4v) is 4.79. The number of hydrogen-bond donors (Lipinski definition) is 2. The van der Waals surface area contributed by atoms with Crippen LogP contribution in [0.1, 0.15) is 56.6 Å². The van der Waals surface area contributed by atoms with Gasteiger partial charge in [0.25, 0.3) is 0 Å². The Kier molecular flexibility index (Phi) is 7.94. The Bertz CT molecular complexity index is 575. The van der Waals surface area contributed by atoms with Crippen LogP contribution in [0.15, 0.2) is 18.2 Å². The van der Waals surface area contributed by atoms with Crippen LogP contribution in [-0.2, 0) is 13.2 Å². The third kappa shape index (κ3) is 5.44. The minimum absolute atomic E-state index is 0.00572. The zero-order valence-corrected chi connectivity index (χ0v) is 16.8. The van der Waals surface area contributed by atoms with Gasteiger partial charge in [0.15, 0.2) is 0 Å². The minimum atomic E-state index is 0.00572. The molecular weight excluding hydrogens is 340 g/mol. The maximum absolute atomic E-state index is 9.64. The highest BCUT2D eigenvalue weighted by atomic mass is 16.5. The molecule has 1 saturated heterocycles. The third-order valence-electron chi connectivity index (χ3n) is 6.12. The topological polar surface area (TPSA) is 56.2 Å². The van der Waals surface area contributed by atoms with Gasteiger partial charge in [0.1, 0.15) is 5.75 Å². The second kappa shape index (κ2) is 10.4. The van der Waals surface area contributed by atoms with Crippen LogP contribution in [-0.4, -0.2) is 64.9 Å². The van der Waals surface area contributed by atoms with E-state index in [2.05, 4.69) is 21.9 Å². The quantitative estimate of drug-likeness (QED) is 0.731. The normalized spacial score (nSPS) is 22.9. The minimum Gasteiger partial charge on any atom is -0.494 e. The van der Waals surface area contributed by atoms with Gasteiger partial charge in [-0.2, -0.15) is 0 Å². The van der Waals surface area contributed by atoms with Crippen molar-refractivity contribution < 1.29 is 14.9 Å². The predicted octanol–water partition coefficient (Wildman–Crippen LogP) is 2.78. The van der Waals surface area contributed by atoms with E-state index in [1.807, 2.05) is 13.0 Å². The summed E-state index contributed by atoms with van der Waals surface area (Å²) in [5.41, 5.74) is 2.08. The molecule has 27 heavy (non-hydrogen) atoms. The van der Waals surface area contributed by atoms with Crippen LogP contribution in [0.2, 0.25) is 0 Å². The summed E-state index contributed by atoms with van der Waals surface area (Å²) >= 11 is 0. The second-order valence-corrected chi connectivity index (χ2v) is 7.96. The summed E-state index contributed by atoms with van der Waals surface area (Å²) in [6.45, 7) is 6.91. The summed E-state index contributed by atoms with van der Waals surface area (Å²) in [4.78, 5) is 5.18. The van der Waals surface area contributed by atoms with Crippen molar-refractivity contribution in [2.24, 2.45) is 0 Å². The van der Waals surface area contributed by atoms with Crippen molar-refractivity contribution >= 4 is 0 Å². The van der Waals surface area contributed by atoms with Gasteiger partial charge in [0.2, 0.25) is 0 Å². The molecule has 1 aliphatic carbocycles. The smallest absolute Gasteiger partial charge is 0.124 e. The molecule has 152 valence electrons. The van der Waals surface area contributed by atoms with Gasteiger partial charge in [-0.05, 0) is 43.9 Å². The number of aliphatic hydroxyl groups excluding tert-OH is 2. The van der Waals surface area contributed by atoms with E-state index in [9.17, 15) is 10.2 Å². The Morgan fingerprint density at radius 1 is 1.11 bits per heavy atom. The highest BCUT2D eigenvalue weighted by molar-refractivity contribution is 5.37. The molecule has 0 bridgehead atoms. The van der Waals surface area contributed by atoms with Gasteiger partial charge in [-0.25, -0.2) is 0 Å². The van der Waals surface area contributed by atoms with Gasteiger partial charge in [-0.1, -0.05) is 25.3 Å². The average Bonchev–Trinajstić information content (AvgIpc) is 2.70. The number of ether oxygens (including phenoxy) is 1. The number of piperazine rings is 1. The highest BCUT2D eigenvalue weighted by Gasteiger charge is 2.32. The van der Waals surface area contributed by atoms with Crippen LogP contribution in [0, 0.1) is 0 Å². The van der Waals surface area contributed by atoms with Crippen LogP contribution < -0.4 is 4.74 Å². The Labute approximate surface area is 163 Å². The second-order valence-electron chi connectivity index (χ2n) is 7.96. The first-order valence-corrected chi connectivity index (χ1v) is 10.7. The maximum Gasteiger partial charge on any atom is 0.124 e. The summed E-state index contributed by atoms with van der Waals surface area (Å²) in [5.74, 6) is 0.782. The predicted molar refractivity (Wildman–Crippen MR) is 108 cm³/mol. The van der Waals surface area contributed by atoms with Crippen molar-refractivity contribution in [3.05, 3.63) is 29.3 Å². The van der Waals surface area contributed by atoms with Crippen molar-refractivity contribution in [2.75, 3.05) is 32.8 Å². The van der Waals surface area contributed by atoms with E-state index < -0.39 is 0 Å². The van der Waals surface area contributed by atoms with Crippen LogP contribution >= 0.6 is 0 Å². The maximum atomic E-state index is 9.64. The molecule has 1 unspecified atom stereocenters. The van der Waals surface area contributed by atoms with E-state index in [1.54, 1.807) is 0 Å². The molecule has 0 radical (unpaired) electrons. The van der Waals surface area contributed by atoms with E-state index in [4.69, 9.17) is 4.74 Å². The van der Waals surface area contributed by atoms with E-state index in [0.29, 0.717) is 18.7 Å². The molecule has 0 aromatic heterocycles. The van der Waals surface area contributed by atoms with Gasteiger partial charge >= 0.3 is 0 Å². The van der Waals surface area contributed by atoms with E-state index >= 15 is 0 Å². The van der Waals surface area contributed by atoms with Crippen LogP contribution in [0.25, 0.3) is 0 Å². The first-order valence-electron chi connectivity index (χ1n) is 10.7. The largest absolute Gasteiger partial charge is 0.494 e. The lowest BCUT2D eigenvalue weighted by atomic mass is 9.91. The van der Waals surface area contributed by atoms with Crippen molar-refractivity contribution in [2.45, 2.75) is 70.7 Å². The first-order chi connectivity index (χ1) is 13.2. The summed E-state index contributed by atoms with van der Waals surface area (Å²) in [6.07, 6.45) is 7.59. The fraction of sp³-hybridized carbons (Fsp3) is 0.727. The Morgan fingerprint density at radius 2 is 1.93 bits per heavy atom. The van der Waals surface area contributed by atoms with E-state index in [0.717, 1.165) is 43.9 Å². The number of hydrogen-bond acceptors (Lipinski definition) is 5. The van der Waals surface area contributed by atoms with Gasteiger partial charge in [0, 0.05) is 50.4 Å². The Morgan fingerprint density at radius 3 is 2.63 bits per heavy atom. The zero-order chi connectivity index (χ0) is 19.1. The lowest BCUT2D eigenvalue weighted by Crippen LogP contribution is -2.56. The molecule has 2 N–H and O–H groups in total. The summed E-state index contributed by atoms with van der Waals surface area (Å²) in [5, 5.41) is 19.2. The average molecular weight is 377 g/mol. The fourth-order valence-electron chi connectivity index (χ4n) is 4.79. The van der Waals surface area contributed by atoms with E-state index in [-0.39, 0.29) is 13.2 Å². The monoisotopic (exact) mass is 376 g/mol. The summed E-state index contributed by atoms with van der Waals surface area (Å²) in [7, 11) is 0. The standard InChI is InChI=1S/C22H36N2O3/c1-2-27-22-9-8-18(14-19(22)17-26)15-23-11-12-24(21(16-23)10-13-25)20-6-4-3-5-7-20/h8-9,14,20-21,25-26H,2-7,10-13,15-17H2,1H3. The van der Waals surface area contributed by atoms with Crippen molar-refractivity contribution in [3.63, 3.8) is 0 Å². The summed E-state index contributed by atoms with van der Waals surface area (Å²) in [6, 6.07) is 7.32. The molecule has 5 heteroatoms. The molecule has 2 aliphatic rings. The van der Waals surface area contributed by atoms with Gasteiger partial charge in [-0.15, -0.1) is 0 Å². The lowest BCUT2D eigenvalue weighted by molar-refractivity contribution is 0.0136. The number of aliphatic hydroxyl groups is 2. The first kappa shape index (κ1) is 20.6. The Balaban J connectivity index is 1.63.